The summed E-state index contributed by atoms with van der Waals surface area (Å²) in [6.45, 7) is 2.11. The topological polar surface area (TPSA) is 12.0 Å². The molecule has 1 aromatic carbocycles. The molecule has 1 aromatic rings. The maximum absolute atomic E-state index is 5.27. The van der Waals surface area contributed by atoms with Crippen molar-refractivity contribution in [3.05, 3.63) is 29.8 Å². The zero-order valence-electron chi connectivity index (χ0n) is 9.99. The fourth-order valence-electron chi connectivity index (χ4n) is 1.40. The van der Waals surface area contributed by atoms with Gasteiger partial charge < -0.3 is 5.32 Å². The van der Waals surface area contributed by atoms with Crippen LogP contribution >= 0.6 is 11.8 Å². The Morgan fingerprint density at radius 3 is 2.62 bits per heavy atom. The van der Waals surface area contributed by atoms with Crippen molar-refractivity contribution < 1.29 is 0 Å². The molecule has 1 N–H and O–H groups in total. The van der Waals surface area contributed by atoms with E-state index < -0.39 is 0 Å². The Kier molecular flexibility index (Phi) is 6.07. The third kappa shape index (κ3) is 4.74. The molecule has 1 unspecified atom stereocenters. The predicted molar refractivity (Wildman–Crippen MR) is 72.8 cm³/mol. The van der Waals surface area contributed by atoms with Gasteiger partial charge >= 0.3 is 0 Å². The first-order valence-corrected chi connectivity index (χ1v) is 6.55. The van der Waals surface area contributed by atoms with Crippen LogP contribution in [0, 0.1) is 19.3 Å². The van der Waals surface area contributed by atoms with Crippen molar-refractivity contribution in [1.29, 1.82) is 0 Å². The molecule has 0 fully saturated rings. The maximum Gasteiger partial charge on any atom is 0.0167 e. The Hall–Kier alpha value is -0.910. The summed E-state index contributed by atoms with van der Waals surface area (Å²) in [6.07, 6.45) is 7.17. The van der Waals surface area contributed by atoms with Gasteiger partial charge in [-0.2, -0.15) is 0 Å². The van der Waals surface area contributed by atoms with Crippen LogP contribution in [0.5, 0.6) is 0 Å². The molecule has 2 heteroatoms. The smallest absolute Gasteiger partial charge is 0.0167 e. The first kappa shape index (κ1) is 13.2. The van der Waals surface area contributed by atoms with E-state index in [4.69, 9.17) is 6.42 Å². The van der Waals surface area contributed by atoms with E-state index in [0.29, 0.717) is 6.04 Å². The second-order valence-corrected chi connectivity index (χ2v) is 4.95. The molecule has 0 heterocycles. The molecule has 16 heavy (non-hydrogen) atoms. The van der Waals surface area contributed by atoms with Crippen LogP contribution in [0.25, 0.3) is 0 Å². The van der Waals surface area contributed by atoms with Crippen LogP contribution in [0.4, 0.5) is 0 Å². The van der Waals surface area contributed by atoms with E-state index in [0.717, 1.165) is 18.6 Å². The lowest BCUT2D eigenvalue weighted by atomic mass is 10.2. The van der Waals surface area contributed by atoms with Crippen LogP contribution < -0.4 is 5.32 Å². The van der Waals surface area contributed by atoms with Gasteiger partial charge in [0.2, 0.25) is 0 Å². The summed E-state index contributed by atoms with van der Waals surface area (Å²) in [7, 11) is 2.00. The number of rotatable bonds is 6. The van der Waals surface area contributed by atoms with Crippen molar-refractivity contribution in [1.82, 2.24) is 5.32 Å². The number of aryl methyl sites for hydroxylation is 1. The predicted octanol–water partition coefficient (Wildman–Crippen LogP) is 3.09. The first-order valence-electron chi connectivity index (χ1n) is 5.56. The Morgan fingerprint density at radius 1 is 1.38 bits per heavy atom. The van der Waals surface area contributed by atoms with Crippen LogP contribution in [0.3, 0.4) is 0 Å². The molecule has 0 aliphatic heterocycles. The van der Waals surface area contributed by atoms with Crippen LogP contribution in [0.2, 0.25) is 0 Å². The second-order valence-electron chi connectivity index (χ2n) is 3.85. The quantitative estimate of drug-likeness (QED) is 0.598. The Labute approximate surface area is 103 Å². The average Bonchev–Trinajstić information content (AvgIpc) is 2.32. The van der Waals surface area contributed by atoms with Crippen LogP contribution in [0.1, 0.15) is 18.4 Å². The molecule has 0 aromatic heterocycles. The monoisotopic (exact) mass is 233 g/mol. The highest BCUT2D eigenvalue weighted by atomic mass is 32.2. The van der Waals surface area contributed by atoms with Gasteiger partial charge in [-0.05, 0) is 32.5 Å². The molecule has 0 aliphatic rings. The van der Waals surface area contributed by atoms with Crippen molar-refractivity contribution in [3.8, 4) is 12.3 Å². The number of terminal acetylenes is 1. The molecule has 1 atom stereocenters. The highest BCUT2D eigenvalue weighted by molar-refractivity contribution is 7.99. The van der Waals surface area contributed by atoms with Crippen molar-refractivity contribution >= 4 is 11.8 Å². The molecule has 0 saturated heterocycles. The number of thioether (sulfide) groups is 1. The lowest BCUT2D eigenvalue weighted by Gasteiger charge is -2.14. The summed E-state index contributed by atoms with van der Waals surface area (Å²) in [6, 6.07) is 9.15. The lowest BCUT2D eigenvalue weighted by molar-refractivity contribution is 0.582. The Balaban J connectivity index is 2.37. The minimum atomic E-state index is 0.502. The van der Waals surface area contributed by atoms with Gasteiger partial charge in [0.1, 0.15) is 0 Å². The number of hydrogen-bond donors (Lipinski definition) is 1. The molecular weight excluding hydrogens is 214 g/mol. The molecule has 0 aliphatic carbocycles. The highest BCUT2D eigenvalue weighted by Gasteiger charge is 2.05. The summed E-state index contributed by atoms with van der Waals surface area (Å²) in [5.41, 5.74) is 1.31. The number of nitrogens with one attached hydrogen (secondary N) is 1. The minimum absolute atomic E-state index is 0.502. The van der Waals surface area contributed by atoms with E-state index in [1.165, 1.54) is 10.5 Å². The van der Waals surface area contributed by atoms with Gasteiger partial charge in [0.05, 0.1) is 0 Å². The molecule has 1 nitrogen and oxygen atoms in total. The lowest BCUT2D eigenvalue weighted by Crippen LogP contribution is -2.27. The fraction of sp³-hybridized carbons (Fsp3) is 0.429. The number of benzene rings is 1. The van der Waals surface area contributed by atoms with Gasteiger partial charge in [-0.1, -0.05) is 17.7 Å². The standard InChI is InChI=1S/C14H19NS/c1-4-5-6-13(15-3)11-16-14-9-7-12(2)8-10-14/h1,7-10,13,15H,5-6,11H2,2-3H3. The Morgan fingerprint density at radius 2 is 2.06 bits per heavy atom. The number of hydrogen-bond acceptors (Lipinski definition) is 2. The molecule has 1 rings (SSSR count). The zero-order valence-corrected chi connectivity index (χ0v) is 10.8. The van der Waals surface area contributed by atoms with E-state index in [2.05, 4.69) is 42.4 Å². The third-order valence-electron chi connectivity index (χ3n) is 2.52. The Bertz CT molecular complexity index is 337. The van der Waals surface area contributed by atoms with E-state index in [-0.39, 0.29) is 0 Å². The largest absolute Gasteiger partial charge is 0.316 e. The van der Waals surface area contributed by atoms with Gasteiger partial charge in [0, 0.05) is 23.1 Å². The minimum Gasteiger partial charge on any atom is -0.316 e. The van der Waals surface area contributed by atoms with Crippen molar-refractivity contribution in [2.24, 2.45) is 0 Å². The molecule has 0 bridgehead atoms. The van der Waals surface area contributed by atoms with E-state index in [1.807, 2.05) is 18.8 Å². The summed E-state index contributed by atoms with van der Waals surface area (Å²) < 4.78 is 0. The summed E-state index contributed by atoms with van der Waals surface area (Å²) in [5, 5.41) is 3.30. The molecule has 0 radical (unpaired) electrons. The van der Waals surface area contributed by atoms with Crippen molar-refractivity contribution in [2.75, 3.05) is 12.8 Å². The molecular formula is C14H19NS. The van der Waals surface area contributed by atoms with Gasteiger partial charge in [-0.3, -0.25) is 0 Å². The van der Waals surface area contributed by atoms with Crippen LogP contribution in [-0.4, -0.2) is 18.8 Å². The first-order chi connectivity index (χ1) is 7.76. The molecule has 0 spiro atoms. The van der Waals surface area contributed by atoms with Crippen LogP contribution in [0.15, 0.2) is 29.2 Å². The van der Waals surface area contributed by atoms with Gasteiger partial charge in [0.15, 0.2) is 0 Å². The SMILES string of the molecule is C#CCCC(CSc1ccc(C)cc1)NC. The van der Waals surface area contributed by atoms with Gasteiger partial charge in [-0.25, -0.2) is 0 Å². The third-order valence-corrected chi connectivity index (χ3v) is 3.69. The summed E-state index contributed by atoms with van der Waals surface area (Å²) in [5.74, 6) is 3.76. The zero-order chi connectivity index (χ0) is 11.8. The van der Waals surface area contributed by atoms with Gasteiger partial charge in [-0.15, -0.1) is 24.1 Å². The summed E-state index contributed by atoms with van der Waals surface area (Å²) >= 11 is 1.88. The van der Waals surface area contributed by atoms with Gasteiger partial charge in [0.25, 0.3) is 0 Å². The van der Waals surface area contributed by atoms with Crippen molar-refractivity contribution in [3.63, 3.8) is 0 Å². The normalized spacial score (nSPS) is 12.1. The van der Waals surface area contributed by atoms with E-state index in [1.54, 1.807) is 0 Å². The van der Waals surface area contributed by atoms with E-state index in [9.17, 15) is 0 Å². The second kappa shape index (κ2) is 7.38. The van der Waals surface area contributed by atoms with Crippen molar-refractivity contribution in [2.45, 2.75) is 30.7 Å². The summed E-state index contributed by atoms with van der Waals surface area (Å²) in [4.78, 5) is 1.33. The molecule has 86 valence electrons. The maximum atomic E-state index is 5.27. The van der Waals surface area contributed by atoms with Crippen LogP contribution in [-0.2, 0) is 0 Å². The average molecular weight is 233 g/mol. The molecule has 0 saturated carbocycles. The van der Waals surface area contributed by atoms with E-state index >= 15 is 0 Å². The fourth-order valence-corrected chi connectivity index (χ4v) is 2.46. The highest BCUT2D eigenvalue weighted by Crippen LogP contribution is 2.20. The molecule has 0 amide bonds.